The third-order valence-electron chi connectivity index (χ3n) is 2.34. The summed E-state index contributed by atoms with van der Waals surface area (Å²) in [6.07, 6.45) is 3.52. The summed E-state index contributed by atoms with van der Waals surface area (Å²) < 4.78 is 0. The molecule has 4 N–H and O–H groups in total. The van der Waals surface area contributed by atoms with Crippen LogP contribution in [-0.2, 0) is 6.61 Å². The second-order valence-electron chi connectivity index (χ2n) is 3.64. The SMILES string of the molecule is CSc1ncc(CO)c(Nc2cccc(N)c2)n1. The van der Waals surface area contributed by atoms with Crippen molar-refractivity contribution in [1.82, 2.24) is 9.97 Å². The lowest BCUT2D eigenvalue weighted by Gasteiger charge is -2.10. The Morgan fingerprint density at radius 1 is 1.44 bits per heavy atom. The van der Waals surface area contributed by atoms with E-state index in [1.54, 1.807) is 6.20 Å². The molecule has 2 aromatic rings. The van der Waals surface area contributed by atoms with Gasteiger partial charge in [0, 0.05) is 23.1 Å². The summed E-state index contributed by atoms with van der Waals surface area (Å²) >= 11 is 1.45. The van der Waals surface area contributed by atoms with E-state index in [1.165, 1.54) is 11.8 Å². The van der Waals surface area contributed by atoms with Crippen molar-refractivity contribution >= 4 is 29.0 Å². The first kappa shape index (κ1) is 12.7. The summed E-state index contributed by atoms with van der Waals surface area (Å²) in [5.74, 6) is 0.599. The highest BCUT2D eigenvalue weighted by Crippen LogP contribution is 2.22. The minimum absolute atomic E-state index is 0.112. The van der Waals surface area contributed by atoms with Crippen LogP contribution in [0, 0.1) is 0 Å². The molecule has 0 bridgehead atoms. The highest BCUT2D eigenvalue weighted by Gasteiger charge is 2.06. The molecule has 0 radical (unpaired) electrons. The van der Waals surface area contributed by atoms with Crippen LogP contribution in [0.4, 0.5) is 17.2 Å². The first-order valence-electron chi connectivity index (χ1n) is 5.36. The average molecular weight is 262 g/mol. The van der Waals surface area contributed by atoms with Gasteiger partial charge in [-0.2, -0.15) is 0 Å². The van der Waals surface area contributed by atoms with Gasteiger partial charge in [-0.1, -0.05) is 17.8 Å². The standard InChI is InChI=1S/C12H14N4OS/c1-18-12-14-6-8(7-17)11(16-12)15-10-4-2-3-9(13)5-10/h2-6,17H,7,13H2,1H3,(H,14,15,16). The molecule has 0 fully saturated rings. The maximum Gasteiger partial charge on any atom is 0.189 e. The molecule has 0 saturated heterocycles. The second-order valence-corrected chi connectivity index (χ2v) is 4.41. The van der Waals surface area contributed by atoms with Gasteiger partial charge in [0.25, 0.3) is 0 Å². The van der Waals surface area contributed by atoms with E-state index in [0.29, 0.717) is 22.2 Å². The van der Waals surface area contributed by atoms with Gasteiger partial charge < -0.3 is 16.2 Å². The van der Waals surface area contributed by atoms with Crippen LogP contribution in [-0.4, -0.2) is 21.3 Å². The molecule has 0 aliphatic carbocycles. The molecular formula is C12H14N4OS. The van der Waals surface area contributed by atoms with Crippen LogP contribution in [0.3, 0.4) is 0 Å². The Morgan fingerprint density at radius 3 is 2.94 bits per heavy atom. The van der Waals surface area contributed by atoms with E-state index < -0.39 is 0 Å². The van der Waals surface area contributed by atoms with Gasteiger partial charge in [0.1, 0.15) is 5.82 Å². The Morgan fingerprint density at radius 2 is 2.28 bits per heavy atom. The first-order chi connectivity index (χ1) is 8.72. The molecule has 0 unspecified atom stereocenters. The smallest absolute Gasteiger partial charge is 0.189 e. The minimum atomic E-state index is -0.112. The molecule has 1 aromatic carbocycles. The highest BCUT2D eigenvalue weighted by molar-refractivity contribution is 7.98. The van der Waals surface area contributed by atoms with E-state index in [0.717, 1.165) is 5.69 Å². The molecule has 5 nitrogen and oxygen atoms in total. The van der Waals surface area contributed by atoms with Crippen LogP contribution in [0.25, 0.3) is 0 Å². The Balaban J connectivity index is 2.32. The summed E-state index contributed by atoms with van der Waals surface area (Å²) in [6, 6.07) is 7.36. The maximum atomic E-state index is 9.26. The summed E-state index contributed by atoms with van der Waals surface area (Å²) in [6.45, 7) is -0.112. The van der Waals surface area contributed by atoms with Crippen LogP contribution in [0.2, 0.25) is 0 Å². The Bertz CT molecular complexity index is 547. The van der Waals surface area contributed by atoms with Gasteiger partial charge in [-0.15, -0.1) is 0 Å². The zero-order valence-electron chi connectivity index (χ0n) is 9.92. The molecule has 1 heterocycles. The van der Waals surface area contributed by atoms with Gasteiger partial charge >= 0.3 is 0 Å². The normalized spacial score (nSPS) is 10.3. The number of hydrogen-bond donors (Lipinski definition) is 3. The van der Waals surface area contributed by atoms with Crippen molar-refractivity contribution in [2.75, 3.05) is 17.3 Å². The van der Waals surface area contributed by atoms with Gasteiger partial charge in [-0.3, -0.25) is 0 Å². The monoisotopic (exact) mass is 262 g/mol. The van der Waals surface area contributed by atoms with Crippen molar-refractivity contribution < 1.29 is 5.11 Å². The number of aliphatic hydroxyl groups excluding tert-OH is 1. The number of thioether (sulfide) groups is 1. The predicted molar refractivity (Wildman–Crippen MR) is 73.9 cm³/mol. The van der Waals surface area contributed by atoms with E-state index >= 15 is 0 Å². The van der Waals surface area contributed by atoms with Gasteiger partial charge in [0.2, 0.25) is 0 Å². The number of nitrogens with one attached hydrogen (secondary N) is 1. The van der Waals surface area contributed by atoms with Gasteiger partial charge in [-0.05, 0) is 24.5 Å². The topological polar surface area (TPSA) is 84.1 Å². The lowest BCUT2D eigenvalue weighted by atomic mass is 10.2. The lowest BCUT2D eigenvalue weighted by molar-refractivity contribution is 0.281. The number of aliphatic hydroxyl groups is 1. The highest BCUT2D eigenvalue weighted by atomic mass is 32.2. The van der Waals surface area contributed by atoms with Gasteiger partial charge in [-0.25, -0.2) is 9.97 Å². The molecule has 0 spiro atoms. The van der Waals surface area contributed by atoms with Crippen molar-refractivity contribution in [1.29, 1.82) is 0 Å². The predicted octanol–water partition coefficient (Wildman–Crippen LogP) is 2.02. The maximum absolute atomic E-state index is 9.26. The molecule has 0 saturated carbocycles. The molecule has 94 valence electrons. The number of benzene rings is 1. The van der Waals surface area contributed by atoms with Crippen LogP contribution in [0.15, 0.2) is 35.6 Å². The van der Waals surface area contributed by atoms with Crippen LogP contribution in [0.5, 0.6) is 0 Å². The van der Waals surface area contributed by atoms with Crippen LogP contribution >= 0.6 is 11.8 Å². The number of aromatic nitrogens is 2. The average Bonchev–Trinajstić information content (AvgIpc) is 2.38. The van der Waals surface area contributed by atoms with Crippen molar-refractivity contribution in [3.05, 3.63) is 36.0 Å². The third kappa shape index (κ3) is 2.91. The number of anilines is 3. The van der Waals surface area contributed by atoms with Crippen LogP contribution in [0.1, 0.15) is 5.56 Å². The molecule has 18 heavy (non-hydrogen) atoms. The molecule has 0 amide bonds. The lowest BCUT2D eigenvalue weighted by Crippen LogP contribution is -2.02. The van der Waals surface area contributed by atoms with E-state index in [-0.39, 0.29) is 6.61 Å². The molecule has 6 heteroatoms. The molecular weight excluding hydrogens is 248 g/mol. The van der Waals surface area contributed by atoms with Crippen molar-refractivity contribution in [3.8, 4) is 0 Å². The summed E-state index contributed by atoms with van der Waals surface area (Å²) in [5.41, 5.74) is 7.86. The Labute approximate surface area is 109 Å². The number of nitrogens with two attached hydrogens (primary N) is 1. The number of nitrogens with zero attached hydrogens (tertiary/aromatic N) is 2. The number of nitrogen functional groups attached to an aromatic ring is 1. The fourth-order valence-corrected chi connectivity index (χ4v) is 1.81. The zero-order valence-corrected chi connectivity index (χ0v) is 10.7. The van der Waals surface area contributed by atoms with E-state index in [1.807, 2.05) is 30.5 Å². The quantitative estimate of drug-likeness (QED) is 0.444. The molecule has 1 aromatic heterocycles. The van der Waals surface area contributed by atoms with Gasteiger partial charge in [0.15, 0.2) is 5.16 Å². The zero-order chi connectivity index (χ0) is 13.0. The number of hydrogen-bond acceptors (Lipinski definition) is 6. The van der Waals surface area contributed by atoms with Crippen molar-refractivity contribution in [3.63, 3.8) is 0 Å². The van der Waals surface area contributed by atoms with E-state index in [2.05, 4.69) is 15.3 Å². The molecule has 2 rings (SSSR count). The fourth-order valence-electron chi connectivity index (χ4n) is 1.47. The number of rotatable bonds is 4. The van der Waals surface area contributed by atoms with Crippen molar-refractivity contribution in [2.45, 2.75) is 11.8 Å². The fraction of sp³-hybridized carbons (Fsp3) is 0.167. The largest absolute Gasteiger partial charge is 0.399 e. The van der Waals surface area contributed by atoms with E-state index in [9.17, 15) is 5.11 Å². The van der Waals surface area contributed by atoms with Crippen LogP contribution < -0.4 is 11.1 Å². The Hall–Kier alpha value is -1.79. The molecule has 0 aliphatic heterocycles. The van der Waals surface area contributed by atoms with E-state index in [4.69, 9.17) is 5.73 Å². The second kappa shape index (κ2) is 5.70. The Kier molecular flexibility index (Phi) is 4.01. The summed E-state index contributed by atoms with van der Waals surface area (Å²) in [5, 5.41) is 13.0. The summed E-state index contributed by atoms with van der Waals surface area (Å²) in [4.78, 5) is 8.44. The van der Waals surface area contributed by atoms with Gasteiger partial charge in [0.05, 0.1) is 6.61 Å². The first-order valence-corrected chi connectivity index (χ1v) is 6.58. The minimum Gasteiger partial charge on any atom is -0.399 e. The molecule has 0 aliphatic rings. The molecule has 0 atom stereocenters. The van der Waals surface area contributed by atoms with Crippen molar-refractivity contribution in [2.24, 2.45) is 0 Å². The summed E-state index contributed by atoms with van der Waals surface area (Å²) in [7, 11) is 0. The third-order valence-corrected chi connectivity index (χ3v) is 2.91.